The van der Waals surface area contributed by atoms with Gasteiger partial charge in [0.05, 0.1) is 19.1 Å². The predicted molar refractivity (Wildman–Crippen MR) is 240 cm³/mol. The third-order valence-corrected chi connectivity index (χ3v) is 11.4. The van der Waals surface area contributed by atoms with Crippen molar-refractivity contribution in [3.8, 4) is 6.07 Å². The van der Waals surface area contributed by atoms with Crippen LogP contribution < -0.4 is 0 Å². The van der Waals surface area contributed by atoms with E-state index in [2.05, 4.69) is 52.3 Å². The first-order chi connectivity index (χ1) is 23.4. The molecule has 0 heterocycles. The fraction of sp³-hybridized carbons (Fsp3) is 0.804. The summed E-state index contributed by atoms with van der Waals surface area (Å²) >= 11 is 0. The molecule has 0 spiro atoms. The van der Waals surface area contributed by atoms with Crippen molar-refractivity contribution in [2.75, 3.05) is 19.8 Å². The molecule has 0 aliphatic heterocycles. The second kappa shape index (κ2) is 65.3. The van der Waals surface area contributed by atoms with Crippen LogP contribution >= 0.6 is 8.53 Å². The summed E-state index contributed by atoms with van der Waals surface area (Å²) in [5, 5.41) is 8.52. The molecule has 6 fully saturated rings. The van der Waals surface area contributed by atoms with Gasteiger partial charge in [-0.3, -0.25) is 6.54 Å². The third kappa shape index (κ3) is 49.5. The van der Waals surface area contributed by atoms with Gasteiger partial charge in [-0.15, -0.1) is 0 Å². The van der Waals surface area contributed by atoms with Gasteiger partial charge < -0.3 is 70.2 Å². The van der Waals surface area contributed by atoms with Crippen LogP contribution in [0, 0.1) is 78.6 Å². The largest absolute Gasteiger partial charge is 2.00 e. The fourth-order valence-corrected chi connectivity index (χ4v) is 8.66. The van der Waals surface area contributed by atoms with Crippen molar-refractivity contribution in [3.05, 3.63) is 61.1 Å². The number of fused-ring (bicyclic) bond motifs is 4. The van der Waals surface area contributed by atoms with E-state index in [1.165, 1.54) is 128 Å². The zero-order chi connectivity index (χ0) is 36.4. The van der Waals surface area contributed by atoms with E-state index in [4.69, 9.17) is 20.0 Å². The molecule has 6 aliphatic carbocycles. The Labute approximate surface area is 423 Å². The first kappa shape index (κ1) is 86.7. The van der Waals surface area contributed by atoms with Gasteiger partial charge >= 0.3 is 73.8 Å². The topological polar surface area (TPSA) is 69.3 Å². The average molecular weight is 1150 g/mol. The summed E-state index contributed by atoms with van der Waals surface area (Å²) in [5.74, 6) is 6.00. The van der Waals surface area contributed by atoms with Gasteiger partial charge in [-0.2, -0.15) is 50.2 Å². The Hall–Kier alpha value is 2.66. The van der Waals surface area contributed by atoms with E-state index in [-0.39, 0.29) is 129 Å². The van der Waals surface area contributed by atoms with Crippen molar-refractivity contribution >= 4 is 8.53 Å². The van der Waals surface area contributed by atoms with Crippen molar-refractivity contribution < 1.29 is 101 Å². The van der Waals surface area contributed by atoms with E-state index in [0.29, 0.717) is 31.7 Å². The molecule has 1 atom stereocenters. The van der Waals surface area contributed by atoms with Crippen LogP contribution in [0.1, 0.15) is 197 Å². The molecule has 0 saturated heterocycles. The first-order valence-corrected chi connectivity index (χ1v) is 21.6. The Morgan fingerprint density at radius 1 is 0.667 bits per heavy atom. The van der Waals surface area contributed by atoms with E-state index in [1.807, 2.05) is 39.5 Å². The Morgan fingerprint density at radius 2 is 0.930 bits per heavy atom. The smallest absolute Gasteiger partial charge is 0.704 e. The number of rotatable bonds is 9. The standard InChI is InChI=1S/C12H24N2O2P.2C7H11.2C5H10.C2H5N.2C2H6.4CH3.2Fe.2V.W/c1-6-9-15-17(16-10-7-8-13)14(11(2)3)12(4)5;2*1-2-7-4-3-6(1)5-7;2*1-2-4-5-3-1;1-2-3;2*1-2;;;;;;;;;/h11-12H,1,6-7,9-10H2,2-5H3;2*6H,1-5H2;2*1-5H2;3H,1-2H2;2*1-2H3;4*1H3;;;;;/q3*-1;;;-2;;;4*-1;2*+2;;2*+2. The Balaban J connectivity index is -0.0000000504. The van der Waals surface area contributed by atoms with Gasteiger partial charge in [0.1, 0.15) is 0 Å². The maximum absolute atomic E-state index is 8.52. The molecular formula is C46H95Fe2N3O2PV2W-. The molecule has 344 valence electrons. The second-order valence-corrected chi connectivity index (χ2v) is 15.3. The van der Waals surface area contributed by atoms with Crippen LogP contribution in [-0.4, -0.2) is 36.5 Å². The maximum Gasteiger partial charge on any atom is 2.00 e. The molecule has 1 N–H and O–H groups in total. The van der Waals surface area contributed by atoms with Gasteiger partial charge in [0.2, 0.25) is 0 Å². The molecule has 6 rings (SSSR count). The Morgan fingerprint density at radius 3 is 1.09 bits per heavy atom. The van der Waals surface area contributed by atoms with Crippen molar-refractivity contribution in [3.63, 3.8) is 0 Å². The number of hydrogen-bond acceptors (Lipinski definition) is 4. The third-order valence-electron chi connectivity index (χ3n) is 9.29. The van der Waals surface area contributed by atoms with E-state index < -0.39 is 8.53 Å². The summed E-state index contributed by atoms with van der Waals surface area (Å²) in [6.07, 6.45) is 31.1. The molecule has 0 aromatic rings. The summed E-state index contributed by atoms with van der Waals surface area (Å²) in [5.41, 5.74) is 6.10. The molecule has 4 bridgehead atoms. The fourth-order valence-electron chi connectivity index (χ4n) is 7.03. The van der Waals surface area contributed by atoms with Crippen molar-refractivity contribution in [2.24, 2.45) is 11.8 Å². The van der Waals surface area contributed by atoms with Gasteiger partial charge in [0.25, 0.3) is 8.53 Å². The minimum absolute atomic E-state index is 0. The van der Waals surface area contributed by atoms with E-state index >= 15 is 0 Å². The van der Waals surface area contributed by atoms with Crippen LogP contribution in [0.4, 0.5) is 0 Å². The van der Waals surface area contributed by atoms with Crippen LogP contribution in [0.15, 0.2) is 0 Å². The molecule has 0 aromatic heterocycles. The number of nitrogens with zero attached hydrogens (tertiary/aromatic N) is 2. The number of nitrogens with one attached hydrogen (secondary N) is 1. The first-order valence-electron chi connectivity index (χ1n) is 20.5. The number of hydrogen-bond donors (Lipinski definition) is 0. The van der Waals surface area contributed by atoms with Gasteiger partial charge in [-0.05, 0) is 27.7 Å². The van der Waals surface area contributed by atoms with Crippen LogP contribution in [-0.2, 0) is 101 Å². The van der Waals surface area contributed by atoms with E-state index in [0.717, 1.165) is 18.3 Å². The van der Waals surface area contributed by atoms with Crippen LogP contribution in [0.2, 0.25) is 0 Å². The summed E-state index contributed by atoms with van der Waals surface area (Å²) in [7, 11) is -1.08. The quantitative estimate of drug-likeness (QED) is 0.0998. The van der Waals surface area contributed by atoms with Crippen LogP contribution in [0.3, 0.4) is 0 Å². The van der Waals surface area contributed by atoms with Crippen LogP contribution in [0.25, 0.3) is 5.73 Å². The molecule has 5 nitrogen and oxygen atoms in total. The van der Waals surface area contributed by atoms with E-state index in [9.17, 15) is 0 Å². The molecule has 2 radical (unpaired) electrons. The van der Waals surface area contributed by atoms with Gasteiger partial charge in [0, 0.05) is 37.2 Å². The molecule has 11 heteroatoms. The summed E-state index contributed by atoms with van der Waals surface area (Å²) < 4.78 is 13.6. The van der Waals surface area contributed by atoms with Crippen molar-refractivity contribution in [2.45, 2.75) is 209 Å². The molecular weight excluding hydrogens is 1050 g/mol. The molecule has 6 aliphatic rings. The average Bonchev–Trinajstić information content (AvgIpc) is 3.97. The normalized spacial score (nSPS) is 16.7. The van der Waals surface area contributed by atoms with Gasteiger partial charge in [0.15, 0.2) is 0 Å². The zero-order valence-corrected chi connectivity index (χ0v) is 48.4. The van der Waals surface area contributed by atoms with Crippen molar-refractivity contribution in [1.29, 1.82) is 5.26 Å². The maximum atomic E-state index is 8.52. The summed E-state index contributed by atoms with van der Waals surface area (Å²) in [6.45, 7) is 24.7. The molecule has 6 saturated carbocycles. The molecule has 0 amide bonds. The van der Waals surface area contributed by atoms with Gasteiger partial charge in [-0.1, -0.05) is 129 Å². The Bertz CT molecular complexity index is 620. The molecule has 1 unspecified atom stereocenters. The van der Waals surface area contributed by atoms with Crippen LogP contribution in [0.5, 0.6) is 0 Å². The van der Waals surface area contributed by atoms with Crippen molar-refractivity contribution in [1.82, 2.24) is 4.67 Å². The summed E-state index contributed by atoms with van der Waals surface area (Å²) in [6, 6.07) is 2.78. The number of nitriles is 1. The Kier molecular flexibility index (Phi) is 99.3. The molecule has 57 heavy (non-hydrogen) atoms. The minimum atomic E-state index is -1.08. The predicted octanol–water partition coefficient (Wildman–Crippen LogP) is 16.4. The van der Waals surface area contributed by atoms with E-state index in [1.54, 1.807) is 0 Å². The minimum Gasteiger partial charge on any atom is -0.704 e. The van der Waals surface area contributed by atoms with Gasteiger partial charge in [-0.25, -0.2) is 4.67 Å². The summed E-state index contributed by atoms with van der Waals surface area (Å²) in [4.78, 5) is 0. The zero-order valence-electron chi connectivity index (χ0n) is 39.6. The molecule has 0 aromatic carbocycles. The second-order valence-electron chi connectivity index (χ2n) is 13.8. The monoisotopic (exact) mass is 1150 g/mol. The SMILES string of the molecule is C1CC2CC[C-]1C2.C1CC2CC[C-]1C2.C1CCCC1.C1CCCC1.CC.CC.[CH2-]CCOP(OCCC#N)N(C(C)C)C(C)C.[CH2-]C[NH-].[CH3-].[CH3-].[CH3-].[CH3-].[Fe+2].[Fe+2].[V+2].[V].[W+2].